The number of aliphatic hydroxyl groups excluding tert-OH is 1. The molecule has 4 heteroatoms. The monoisotopic (exact) mass is 474 g/mol. The van der Waals surface area contributed by atoms with Crippen LogP contribution < -0.4 is 0 Å². The molecule has 194 valence electrons. The molecule has 0 saturated heterocycles. The molecule has 4 unspecified atom stereocenters. The van der Waals surface area contributed by atoms with E-state index >= 15 is 0 Å². The summed E-state index contributed by atoms with van der Waals surface area (Å²) in [7, 11) is 0. The van der Waals surface area contributed by atoms with Crippen LogP contribution in [-0.2, 0) is 4.79 Å². The highest BCUT2D eigenvalue weighted by molar-refractivity contribution is 5.75. The smallest absolute Gasteiger partial charge is 0.309 e. The number of fused-ring (bicyclic) bond motifs is 7. The molecule has 5 fully saturated rings. The lowest BCUT2D eigenvalue weighted by Crippen LogP contribution is -2.70. The quantitative estimate of drug-likeness (QED) is 0.440. The molecular formula is C30H50O4. The van der Waals surface area contributed by atoms with Crippen molar-refractivity contribution >= 4 is 5.97 Å². The molecule has 0 aromatic heterocycles. The molecule has 5 aliphatic rings. The van der Waals surface area contributed by atoms with Crippen LogP contribution in [0, 0.1) is 56.7 Å². The van der Waals surface area contributed by atoms with Gasteiger partial charge in [0.15, 0.2) is 0 Å². The summed E-state index contributed by atoms with van der Waals surface area (Å²) in [6.45, 7) is 15.7. The van der Waals surface area contributed by atoms with E-state index in [1.807, 2.05) is 20.8 Å². The normalized spacial score (nSPS) is 57.2. The molecule has 0 spiro atoms. The zero-order valence-electron chi connectivity index (χ0n) is 22.8. The van der Waals surface area contributed by atoms with E-state index in [1.165, 1.54) is 0 Å². The molecule has 5 rings (SSSR count). The molecule has 0 radical (unpaired) electrons. The van der Waals surface area contributed by atoms with Gasteiger partial charge in [-0.05, 0) is 124 Å². The summed E-state index contributed by atoms with van der Waals surface area (Å²) in [4.78, 5) is 12.5. The number of aliphatic hydroxyl groups is 2. The van der Waals surface area contributed by atoms with Crippen molar-refractivity contribution in [1.82, 2.24) is 0 Å². The number of aliphatic carboxylic acids is 1. The Hall–Kier alpha value is -0.610. The van der Waals surface area contributed by atoms with Gasteiger partial charge in [-0.2, -0.15) is 0 Å². The van der Waals surface area contributed by atoms with Crippen molar-refractivity contribution in [2.45, 2.75) is 124 Å². The summed E-state index contributed by atoms with van der Waals surface area (Å²) in [5.74, 6) is 1.16. The van der Waals surface area contributed by atoms with Gasteiger partial charge in [-0.3, -0.25) is 4.79 Å². The summed E-state index contributed by atoms with van der Waals surface area (Å²) >= 11 is 0. The molecule has 11 atom stereocenters. The SMILES string of the molecule is CC(C)(O)C1CC[C@@]2(C)C1CC(O)[C@]1(C)[C@@H]2CC[C@@H]2[C@@]3(C)CCCC(C)(C(=O)O)[C@@H]3CC[C@]21C. The Kier molecular flexibility index (Phi) is 5.34. The molecule has 5 saturated carbocycles. The Morgan fingerprint density at radius 3 is 2.09 bits per heavy atom. The van der Waals surface area contributed by atoms with Crippen LogP contribution in [0.3, 0.4) is 0 Å². The third-order valence-corrected chi connectivity index (χ3v) is 13.9. The van der Waals surface area contributed by atoms with Crippen LogP contribution in [0.4, 0.5) is 0 Å². The fourth-order valence-corrected chi connectivity index (χ4v) is 12.0. The first-order valence-electron chi connectivity index (χ1n) is 14.2. The van der Waals surface area contributed by atoms with Gasteiger partial charge in [0.25, 0.3) is 0 Å². The van der Waals surface area contributed by atoms with Gasteiger partial charge in [0.2, 0.25) is 0 Å². The van der Waals surface area contributed by atoms with E-state index < -0.39 is 17.0 Å². The summed E-state index contributed by atoms with van der Waals surface area (Å²) in [5.41, 5.74) is -1.30. The highest BCUT2D eigenvalue weighted by atomic mass is 16.4. The molecule has 0 aromatic carbocycles. The fraction of sp³-hybridized carbons (Fsp3) is 0.967. The maximum atomic E-state index is 12.5. The van der Waals surface area contributed by atoms with Crippen LogP contribution in [0.15, 0.2) is 0 Å². The van der Waals surface area contributed by atoms with Crippen LogP contribution in [0.25, 0.3) is 0 Å². The van der Waals surface area contributed by atoms with E-state index in [0.717, 1.165) is 64.2 Å². The molecule has 0 bridgehead atoms. The standard InChI is InChI=1S/C30H50O4/c1-25(2,34)18-11-15-26(3)19(18)17-23(31)30(7)22(26)10-9-21-27(4)13-8-14-28(5,24(32)33)20(27)12-16-29(21,30)6/h18-23,31,34H,8-17H2,1-7H3,(H,32,33)/t18?,19?,20-,21-,22-,23?,26+,27+,28?,29-,30+/m1/s1. The largest absolute Gasteiger partial charge is 0.481 e. The van der Waals surface area contributed by atoms with Gasteiger partial charge in [0.1, 0.15) is 0 Å². The summed E-state index contributed by atoms with van der Waals surface area (Å²) in [6, 6.07) is 0. The average Bonchev–Trinajstić information content (AvgIpc) is 3.06. The maximum Gasteiger partial charge on any atom is 0.309 e. The van der Waals surface area contributed by atoms with Crippen LogP contribution in [0.2, 0.25) is 0 Å². The Bertz CT molecular complexity index is 862. The minimum atomic E-state index is -0.702. The third kappa shape index (κ3) is 2.82. The number of hydrogen-bond donors (Lipinski definition) is 3. The van der Waals surface area contributed by atoms with Crippen LogP contribution in [0.1, 0.15) is 113 Å². The van der Waals surface area contributed by atoms with E-state index in [9.17, 15) is 20.1 Å². The van der Waals surface area contributed by atoms with Crippen molar-refractivity contribution in [3.8, 4) is 0 Å². The Morgan fingerprint density at radius 2 is 1.47 bits per heavy atom. The molecule has 5 aliphatic carbocycles. The average molecular weight is 475 g/mol. The first-order chi connectivity index (χ1) is 15.6. The van der Waals surface area contributed by atoms with Crippen LogP contribution in [0.5, 0.6) is 0 Å². The highest BCUT2D eigenvalue weighted by Crippen LogP contribution is 2.78. The van der Waals surface area contributed by atoms with Crippen molar-refractivity contribution in [2.75, 3.05) is 0 Å². The second-order valence-corrected chi connectivity index (χ2v) is 15.2. The number of carboxylic acids is 1. The Balaban J connectivity index is 1.56. The highest BCUT2D eigenvalue weighted by Gasteiger charge is 2.73. The molecule has 3 N–H and O–H groups in total. The molecule has 0 heterocycles. The number of carbonyl (C=O) groups is 1. The lowest BCUT2D eigenvalue weighted by Gasteiger charge is -2.73. The maximum absolute atomic E-state index is 12.5. The van der Waals surface area contributed by atoms with Gasteiger partial charge in [0, 0.05) is 5.41 Å². The van der Waals surface area contributed by atoms with Gasteiger partial charge in [0.05, 0.1) is 17.1 Å². The van der Waals surface area contributed by atoms with E-state index in [1.54, 1.807) is 0 Å². The third-order valence-electron chi connectivity index (χ3n) is 13.9. The first kappa shape index (κ1) is 25.1. The zero-order chi connectivity index (χ0) is 25.1. The molecular weight excluding hydrogens is 424 g/mol. The fourth-order valence-electron chi connectivity index (χ4n) is 12.0. The molecule has 0 aliphatic heterocycles. The van der Waals surface area contributed by atoms with E-state index in [0.29, 0.717) is 17.8 Å². The Morgan fingerprint density at radius 1 is 0.824 bits per heavy atom. The molecule has 34 heavy (non-hydrogen) atoms. The second kappa shape index (κ2) is 7.24. The second-order valence-electron chi connectivity index (χ2n) is 15.2. The minimum absolute atomic E-state index is 0.0120. The summed E-state index contributed by atoms with van der Waals surface area (Å²) in [6.07, 6.45) is 9.84. The number of carboxylic acid groups (broad SMARTS) is 1. The van der Waals surface area contributed by atoms with Gasteiger partial charge in [-0.1, -0.05) is 34.1 Å². The van der Waals surface area contributed by atoms with Gasteiger partial charge in [-0.25, -0.2) is 0 Å². The van der Waals surface area contributed by atoms with E-state index in [-0.39, 0.29) is 39.6 Å². The van der Waals surface area contributed by atoms with E-state index in [4.69, 9.17) is 0 Å². The predicted octanol–water partition coefficient (Wildman–Crippen LogP) is 6.28. The molecule has 0 amide bonds. The molecule has 4 nitrogen and oxygen atoms in total. The summed E-state index contributed by atoms with van der Waals surface area (Å²) in [5, 5.41) is 33.2. The van der Waals surface area contributed by atoms with Crippen molar-refractivity contribution in [3.05, 3.63) is 0 Å². The molecule has 0 aromatic rings. The van der Waals surface area contributed by atoms with Crippen LogP contribution in [-0.4, -0.2) is 33.0 Å². The van der Waals surface area contributed by atoms with Crippen molar-refractivity contribution in [1.29, 1.82) is 0 Å². The Labute approximate surface area is 207 Å². The topological polar surface area (TPSA) is 77.8 Å². The summed E-state index contributed by atoms with van der Waals surface area (Å²) < 4.78 is 0. The predicted molar refractivity (Wildman–Crippen MR) is 134 cm³/mol. The van der Waals surface area contributed by atoms with Crippen molar-refractivity contribution < 1.29 is 20.1 Å². The van der Waals surface area contributed by atoms with Crippen LogP contribution >= 0.6 is 0 Å². The van der Waals surface area contributed by atoms with Crippen molar-refractivity contribution in [2.24, 2.45) is 56.7 Å². The van der Waals surface area contributed by atoms with Crippen molar-refractivity contribution in [3.63, 3.8) is 0 Å². The van der Waals surface area contributed by atoms with E-state index in [2.05, 4.69) is 27.7 Å². The van der Waals surface area contributed by atoms with Gasteiger partial charge >= 0.3 is 5.97 Å². The van der Waals surface area contributed by atoms with Gasteiger partial charge < -0.3 is 15.3 Å². The van der Waals surface area contributed by atoms with Gasteiger partial charge in [-0.15, -0.1) is 0 Å². The number of hydrogen-bond acceptors (Lipinski definition) is 3. The minimum Gasteiger partial charge on any atom is -0.481 e. The lowest BCUT2D eigenvalue weighted by atomic mass is 9.31. The number of rotatable bonds is 2. The first-order valence-corrected chi connectivity index (χ1v) is 14.2. The lowest BCUT2D eigenvalue weighted by molar-refractivity contribution is -0.276. The zero-order valence-corrected chi connectivity index (χ0v) is 22.8.